The maximum atomic E-state index is 13.1. The predicted molar refractivity (Wildman–Crippen MR) is 130 cm³/mol. The van der Waals surface area contributed by atoms with Crippen LogP contribution in [0.4, 0.5) is 17.2 Å². The third-order valence-corrected chi connectivity index (χ3v) is 5.98. The Morgan fingerprint density at radius 2 is 1.70 bits per heavy atom. The predicted octanol–water partition coefficient (Wildman–Crippen LogP) is 5.34. The van der Waals surface area contributed by atoms with Crippen LogP contribution in [0.25, 0.3) is 16.9 Å². The summed E-state index contributed by atoms with van der Waals surface area (Å²) in [6.45, 7) is 0.655. The van der Waals surface area contributed by atoms with Gasteiger partial charge in [-0.3, -0.25) is 4.79 Å². The molecule has 3 heterocycles. The summed E-state index contributed by atoms with van der Waals surface area (Å²) in [5.41, 5.74) is 6.36. The van der Waals surface area contributed by atoms with Crippen molar-refractivity contribution in [2.24, 2.45) is 0 Å². The van der Waals surface area contributed by atoms with E-state index in [0.29, 0.717) is 17.9 Å². The lowest BCUT2D eigenvalue weighted by Gasteiger charge is -2.18. The van der Waals surface area contributed by atoms with Crippen molar-refractivity contribution in [3.63, 3.8) is 0 Å². The number of carbonyl (C=O) groups excluding carboxylic acids is 1. The van der Waals surface area contributed by atoms with Crippen molar-refractivity contribution in [3.05, 3.63) is 109 Å². The fourth-order valence-electron chi connectivity index (χ4n) is 4.43. The van der Waals surface area contributed by atoms with Crippen LogP contribution in [-0.2, 0) is 6.42 Å². The molecule has 3 aromatic carbocycles. The molecule has 0 bridgehead atoms. The summed E-state index contributed by atoms with van der Waals surface area (Å²) in [6.07, 6.45) is 6.47. The van der Waals surface area contributed by atoms with Crippen molar-refractivity contribution in [3.8, 4) is 11.3 Å². The van der Waals surface area contributed by atoms with E-state index >= 15 is 0 Å². The molecule has 0 saturated heterocycles. The van der Waals surface area contributed by atoms with Crippen LogP contribution in [0.1, 0.15) is 15.9 Å². The summed E-state index contributed by atoms with van der Waals surface area (Å²) >= 11 is 0. The quantitative estimate of drug-likeness (QED) is 0.417. The second-order valence-electron chi connectivity index (χ2n) is 8.00. The zero-order valence-corrected chi connectivity index (χ0v) is 17.8. The van der Waals surface area contributed by atoms with Gasteiger partial charge in [-0.2, -0.15) is 0 Å². The highest BCUT2D eigenvalue weighted by Crippen LogP contribution is 2.37. The van der Waals surface area contributed by atoms with Gasteiger partial charge in [-0.05, 0) is 42.3 Å². The number of fused-ring (bicyclic) bond motifs is 2. The Morgan fingerprint density at radius 3 is 2.52 bits per heavy atom. The number of benzene rings is 3. The normalized spacial score (nSPS) is 12.7. The largest absolute Gasteiger partial charge is 0.337 e. The van der Waals surface area contributed by atoms with E-state index in [4.69, 9.17) is 4.98 Å². The summed E-state index contributed by atoms with van der Waals surface area (Å²) < 4.78 is 1.98. The van der Waals surface area contributed by atoms with Gasteiger partial charge in [0.2, 0.25) is 0 Å². The van der Waals surface area contributed by atoms with Gasteiger partial charge in [-0.15, -0.1) is 0 Å². The van der Waals surface area contributed by atoms with Gasteiger partial charge in [-0.25, -0.2) is 9.97 Å². The van der Waals surface area contributed by atoms with Crippen LogP contribution in [0, 0.1) is 0 Å². The molecule has 6 nitrogen and oxygen atoms in total. The third-order valence-electron chi connectivity index (χ3n) is 5.98. The summed E-state index contributed by atoms with van der Waals surface area (Å²) in [4.78, 5) is 24.4. The fourth-order valence-corrected chi connectivity index (χ4v) is 4.43. The van der Waals surface area contributed by atoms with Gasteiger partial charge in [-0.1, -0.05) is 48.5 Å². The van der Waals surface area contributed by atoms with Crippen molar-refractivity contribution in [1.29, 1.82) is 0 Å². The highest BCUT2D eigenvalue weighted by molar-refractivity contribution is 6.07. The van der Waals surface area contributed by atoms with E-state index in [9.17, 15) is 4.79 Å². The molecule has 160 valence electrons. The monoisotopic (exact) mass is 431 g/mol. The van der Waals surface area contributed by atoms with Crippen LogP contribution < -0.4 is 10.2 Å². The van der Waals surface area contributed by atoms with E-state index in [-0.39, 0.29) is 5.91 Å². The first-order valence-electron chi connectivity index (χ1n) is 10.9. The first kappa shape index (κ1) is 19.3. The molecule has 1 aliphatic rings. The highest BCUT2D eigenvalue weighted by atomic mass is 16.2. The lowest BCUT2D eigenvalue weighted by Crippen LogP contribution is -2.28. The topological polar surface area (TPSA) is 62.5 Å². The fraction of sp³-hybridized carbons (Fsp3) is 0.0741. The lowest BCUT2D eigenvalue weighted by atomic mass is 10.0. The first-order valence-corrected chi connectivity index (χ1v) is 10.9. The number of imidazole rings is 1. The van der Waals surface area contributed by atoms with Crippen LogP contribution in [0.5, 0.6) is 0 Å². The Kier molecular flexibility index (Phi) is 4.61. The van der Waals surface area contributed by atoms with Crippen LogP contribution in [0.2, 0.25) is 0 Å². The van der Waals surface area contributed by atoms with Crippen molar-refractivity contribution in [2.45, 2.75) is 6.42 Å². The van der Waals surface area contributed by atoms with E-state index in [0.717, 1.165) is 40.3 Å². The van der Waals surface area contributed by atoms with Crippen molar-refractivity contribution < 1.29 is 4.79 Å². The second-order valence-corrected chi connectivity index (χ2v) is 8.00. The van der Waals surface area contributed by atoms with Crippen molar-refractivity contribution in [2.75, 3.05) is 16.8 Å². The molecular formula is C27H21N5O. The number of carbonyl (C=O) groups is 1. The molecule has 1 N–H and O–H groups in total. The minimum Gasteiger partial charge on any atom is -0.337 e. The Labute approximate surface area is 191 Å². The number of nitrogens with zero attached hydrogens (tertiary/aromatic N) is 4. The average Bonchev–Trinajstić information content (AvgIpc) is 3.52. The molecular weight excluding hydrogens is 410 g/mol. The van der Waals surface area contributed by atoms with Crippen LogP contribution in [0.15, 0.2) is 97.5 Å². The van der Waals surface area contributed by atoms with Gasteiger partial charge in [0.1, 0.15) is 0 Å². The van der Waals surface area contributed by atoms with Gasteiger partial charge in [0, 0.05) is 47.6 Å². The number of amides is 1. The zero-order chi connectivity index (χ0) is 22.2. The van der Waals surface area contributed by atoms with E-state index in [1.165, 1.54) is 0 Å². The van der Waals surface area contributed by atoms with Crippen molar-refractivity contribution in [1.82, 2.24) is 14.4 Å². The number of anilines is 3. The second kappa shape index (κ2) is 7.91. The Bertz CT molecular complexity index is 1460. The number of aromatic nitrogens is 3. The Morgan fingerprint density at radius 1 is 0.909 bits per heavy atom. The van der Waals surface area contributed by atoms with E-state index in [2.05, 4.69) is 16.4 Å². The molecule has 0 fully saturated rings. The summed E-state index contributed by atoms with van der Waals surface area (Å²) in [5.74, 6) is 0.715. The van der Waals surface area contributed by atoms with Gasteiger partial charge in [0.15, 0.2) is 11.5 Å². The van der Waals surface area contributed by atoms with Gasteiger partial charge in [0.25, 0.3) is 5.91 Å². The van der Waals surface area contributed by atoms with Gasteiger partial charge >= 0.3 is 0 Å². The van der Waals surface area contributed by atoms with E-state index in [1.807, 2.05) is 94.5 Å². The number of para-hydroxylation sites is 1. The molecule has 0 aliphatic carbocycles. The molecule has 6 heteroatoms. The highest BCUT2D eigenvalue weighted by Gasteiger charge is 2.28. The van der Waals surface area contributed by atoms with Crippen LogP contribution in [0.3, 0.4) is 0 Å². The molecule has 0 radical (unpaired) electrons. The summed E-state index contributed by atoms with van der Waals surface area (Å²) in [6, 6.07) is 25.5. The number of nitrogens with one attached hydrogen (secondary N) is 1. The van der Waals surface area contributed by atoms with E-state index in [1.54, 1.807) is 6.20 Å². The van der Waals surface area contributed by atoms with Crippen LogP contribution in [-0.4, -0.2) is 26.8 Å². The summed E-state index contributed by atoms with van der Waals surface area (Å²) in [7, 11) is 0. The minimum absolute atomic E-state index is 0.0240. The molecule has 0 spiro atoms. The molecule has 6 rings (SSSR count). The standard InChI is InChI=1S/C27H21N5O/c33-27(19-8-3-1-4-9-19)32-16-14-22-21(12-7-13-24(22)32)23-18-31-17-15-28-26(31)25(30-23)29-20-10-5-2-6-11-20/h1-13,15,17-18H,14,16H2,(H,29,30). The van der Waals surface area contributed by atoms with Gasteiger partial charge in [0.05, 0.1) is 5.69 Å². The molecule has 0 atom stereocenters. The molecule has 5 aromatic rings. The SMILES string of the molecule is O=C(c1ccccc1)N1CCc2c(-c3cn4ccnc4c(Nc4ccccc4)n3)cccc21. The lowest BCUT2D eigenvalue weighted by molar-refractivity contribution is 0.0989. The minimum atomic E-state index is 0.0240. The molecule has 33 heavy (non-hydrogen) atoms. The van der Waals surface area contributed by atoms with Gasteiger partial charge < -0.3 is 14.6 Å². The Balaban J connectivity index is 1.42. The molecule has 1 amide bonds. The number of rotatable bonds is 4. The summed E-state index contributed by atoms with van der Waals surface area (Å²) in [5, 5.41) is 3.40. The molecule has 0 saturated carbocycles. The maximum Gasteiger partial charge on any atom is 0.258 e. The Hall–Kier alpha value is -4.45. The third kappa shape index (κ3) is 3.42. The molecule has 1 aliphatic heterocycles. The smallest absolute Gasteiger partial charge is 0.258 e. The first-order chi connectivity index (χ1) is 16.3. The average molecular weight is 431 g/mol. The maximum absolute atomic E-state index is 13.1. The zero-order valence-electron chi connectivity index (χ0n) is 17.8. The molecule has 0 unspecified atom stereocenters. The van der Waals surface area contributed by atoms with E-state index < -0.39 is 0 Å². The molecule has 2 aromatic heterocycles. The number of hydrogen-bond acceptors (Lipinski definition) is 4. The van der Waals surface area contributed by atoms with Crippen molar-refractivity contribution >= 4 is 28.7 Å². The van der Waals surface area contributed by atoms with Crippen LogP contribution >= 0.6 is 0 Å². The number of hydrogen-bond donors (Lipinski definition) is 1.